The number of anilines is 1. The predicted molar refractivity (Wildman–Crippen MR) is 68.0 cm³/mol. The number of carbonyl (C=O) groups is 2. The molecule has 0 aliphatic carbocycles. The molecule has 0 unspecified atom stereocenters. The van der Waals surface area contributed by atoms with Crippen molar-refractivity contribution in [2.75, 3.05) is 5.32 Å². The number of urea groups is 1. The number of carboxylic acids is 1. The average Bonchev–Trinajstić information content (AvgIpc) is 2.86. The molecule has 2 amide bonds. The highest BCUT2D eigenvalue weighted by Gasteiger charge is 2.10. The van der Waals surface area contributed by atoms with Crippen LogP contribution in [-0.4, -0.2) is 17.1 Å². The highest BCUT2D eigenvalue weighted by atomic mass is 16.4. The largest absolute Gasteiger partial charge is 0.475 e. The van der Waals surface area contributed by atoms with E-state index in [0.29, 0.717) is 6.54 Å². The van der Waals surface area contributed by atoms with Crippen molar-refractivity contribution in [1.29, 1.82) is 0 Å². The lowest BCUT2D eigenvalue weighted by atomic mass is 10.2. The maximum absolute atomic E-state index is 11.5. The Morgan fingerprint density at radius 2 is 1.84 bits per heavy atom. The third kappa shape index (κ3) is 3.60. The zero-order valence-corrected chi connectivity index (χ0v) is 9.92. The minimum atomic E-state index is -1.18. The van der Waals surface area contributed by atoms with Crippen molar-refractivity contribution in [3.63, 3.8) is 0 Å². The number of hydrogen-bond donors (Lipinski definition) is 3. The lowest BCUT2D eigenvalue weighted by molar-refractivity contribution is 0.0663. The zero-order chi connectivity index (χ0) is 13.7. The van der Waals surface area contributed by atoms with Crippen molar-refractivity contribution in [2.45, 2.75) is 6.54 Å². The lowest BCUT2D eigenvalue weighted by Crippen LogP contribution is -2.27. The summed E-state index contributed by atoms with van der Waals surface area (Å²) in [7, 11) is 0. The van der Waals surface area contributed by atoms with Gasteiger partial charge in [-0.3, -0.25) is 5.32 Å². The Kier molecular flexibility index (Phi) is 3.82. The molecule has 6 nitrogen and oxygen atoms in total. The topological polar surface area (TPSA) is 91.6 Å². The van der Waals surface area contributed by atoms with E-state index in [1.165, 1.54) is 12.1 Å². The maximum Gasteiger partial charge on any atom is 0.371 e. The fraction of sp³-hybridized carbons (Fsp3) is 0.0769. The van der Waals surface area contributed by atoms with Gasteiger partial charge >= 0.3 is 12.0 Å². The second kappa shape index (κ2) is 5.72. The summed E-state index contributed by atoms with van der Waals surface area (Å²) in [5.41, 5.74) is 0.961. The molecular weight excluding hydrogens is 248 g/mol. The Hall–Kier alpha value is -2.76. The molecule has 98 valence electrons. The van der Waals surface area contributed by atoms with Gasteiger partial charge in [0.05, 0.1) is 0 Å². The normalized spacial score (nSPS) is 9.89. The third-order valence-corrected chi connectivity index (χ3v) is 2.35. The summed E-state index contributed by atoms with van der Waals surface area (Å²) < 4.78 is 4.90. The van der Waals surface area contributed by atoms with Gasteiger partial charge in [0.15, 0.2) is 0 Å². The minimum Gasteiger partial charge on any atom is -0.475 e. The highest BCUT2D eigenvalue weighted by molar-refractivity contribution is 5.89. The number of benzene rings is 1. The molecule has 0 aliphatic rings. The molecule has 0 spiro atoms. The zero-order valence-electron chi connectivity index (χ0n) is 9.92. The maximum atomic E-state index is 11.5. The molecule has 3 N–H and O–H groups in total. The van der Waals surface area contributed by atoms with E-state index in [0.717, 1.165) is 5.56 Å². The first kappa shape index (κ1) is 12.7. The van der Waals surface area contributed by atoms with Crippen LogP contribution >= 0.6 is 0 Å². The Bertz CT molecular complexity index is 577. The Morgan fingerprint density at radius 3 is 2.47 bits per heavy atom. The van der Waals surface area contributed by atoms with Gasteiger partial charge in [0.25, 0.3) is 0 Å². The number of amides is 2. The van der Waals surface area contributed by atoms with Gasteiger partial charge in [-0.15, -0.1) is 0 Å². The number of carboxylic acid groups (broad SMARTS) is 1. The fourth-order valence-corrected chi connectivity index (χ4v) is 1.45. The molecule has 19 heavy (non-hydrogen) atoms. The molecule has 0 atom stereocenters. The number of rotatable bonds is 4. The summed E-state index contributed by atoms with van der Waals surface area (Å²) >= 11 is 0. The number of nitrogens with one attached hydrogen (secondary N) is 2. The van der Waals surface area contributed by atoms with Crippen LogP contribution in [0.3, 0.4) is 0 Å². The fourth-order valence-electron chi connectivity index (χ4n) is 1.45. The molecule has 0 fully saturated rings. The SMILES string of the molecule is O=C(NCc1ccccc1)Nc1ccc(C(=O)O)o1. The number of hydrogen-bond acceptors (Lipinski definition) is 3. The van der Waals surface area contributed by atoms with Crippen LogP contribution in [0.15, 0.2) is 46.9 Å². The van der Waals surface area contributed by atoms with E-state index >= 15 is 0 Å². The Morgan fingerprint density at radius 1 is 1.11 bits per heavy atom. The van der Waals surface area contributed by atoms with Crippen molar-refractivity contribution < 1.29 is 19.1 Å². The first-order chi connectivity index (χ1) is 9.15. The summed E-state index contributed by atoms with van der Waals surface area (Å²) in [6.45, 7) is 0.374. The molecule has 1 aromatic carbocycles. The molecule has 2 aromatic rings. The van der Waals surface area contributed by atoms with E-state index in [2.05, 4.69) is 10.6 Å². The van der Waals surface area contributed by atoms with Crippen molar-refractivity contribution in [3.05, 3.63) is 53.8 Å². The predicted octanol–water partition coefficient (Wildman–Crippen LogP) is 2.30. The third-order valence-electron chi connectivity index (χ3n) is 2.35. The minimum absolute atomic E-state index is 0.0861. The number of carbonyl (C=O) groups excluding carboxylic acids is 1. The number of aromatic carboxylic acids is 1. The Balaban J connectivity index is 1.85. The second-order valence-electron chi connectivity index (χ2n) is 3.76. The van der Waals surface area contributed by atoms with Crippen LogP contribution in [0, 0.1) is 0 Å². The molecule has 1 heterocycles. The van der Waals surface area contributed by atoms with E-state index < -0.39 is 12.0 Å². The van der Waals surface area contributed by atoms with Gasteiger partial charge in [-0.1, -0.05) is 30.3 Å². The molecule has 2 rings (SSSR count). The summed E-state index contributed by atoms with van der Waals surface area (Å²) in [5, 5.41) is 13.7. The number of furan rings is 1. The summed E-state index contributed by atoms with van der Waals surface area (Å²) in [4.78, 5) is 22.1. The first-order valence-electron chi connectivity index (χ1n) is 5.57. The van der Waals surface area contributed by atoms with E-state index in [-0.39, 0.29) is 11.6 Å². The van der Waals surface area contributed by atoms with Gasteiger partial charge in [-0.05, 0) is 11.6 Å². The van der Waals surface area contributed by atoms with Crippen molar-refractivity contribution in [1.82, 2.24) is 5.32 Å². The molecule has 1 aromatic heterocycles. The van der Waals surface area contributed by atoms with Gasteiger partial charge in [0, 0.05) is 12.6 Å². The van der Waals surface area contributed by atoms with Crippen LogP contribution in [0.4, 0.5) is 10.7 Å². The van der Waals surface area contributed by atoms with E-state index in [1.807, 2.05) is 30.3 Å². The van der Waals surface area contributed by atoms with Crippen LogP contribution in [0.25, 0.3) is 0 Å². The van der Waals surface area contributed by atoms with E-state index in [1.54, 1.807) is 0 Å². The van der Waals surface area contributed by atoms with Gasteiger partial charge in [0.2, 0.25) is 11.6 Å². The molecule has 0 aliphatic heterocycles. The lowest BCUT2D eigenvalue weighted by Gasteiger charge is -2.05. The first-order valence-corrected chi connectivity index (χ1v) is 5.57. The van der Waals surface area contributed by atoms with Crippen LogP contribution in [0.2, 0.25) is 0 Å². The van der Waals surface area contributed by atoms with Crippen molar-refractivity contribution in [3.8, 4) is 0 Å². The van der Waals surface area contributed by atoms with Crippen LogP contribution < -0.4 is 10.6 Å². The van der Waals surface area contributed by atoms with Gasteiger partial charge in [-0.25, -0.2) is 9.59 Å². The summed E-state index contributed by atoms with van der Waals surface area (Å²) in [6, 6.07) is 11.6. The molecule has 6 heteroatoms. The van der Waals surface area contributed by atoms with Crippen LogP contribution in [0.5, 0.6) is 0 Å². The summed E-state index contributed by atoms with van der Waals surface area (Å²) in [6.07, 6.45) is 0. The molecule has 0 saturated heterocycles. The van der Waals surface area contributed by atoms with Gasteiger partial charge in [0.1, 0.15) is 0 Å². The monoisotopic (exact) mass is 260 g/mol. The standard InChI is InChI=1S/C13H12N2O4/c16-12(17)10-6-7-11(19-10)15-13(18)14-8-9-4-2-1-3-5-9/h1-7H,8H2,(H,16,17)(H2,14,15,18). The van der Waals surface area contributed by atoms with Crippen molar-refractivity contribution in [2.24, 2.45) is 0 Å². The van der Waals surface area contributed by atoms with Crippen LogP contribution in [-0.2, 0) is 6.54 Å². The smallest absolute Gasteiger partial charge is 0.371 e. The second-order valence-corrected chi connectivity index (χ2v) is 3.76. The molecule has 0 radical (unpaired) electrons. The molecule has 0 saturated carbocycles. The van der Waals surface area contributed by atoms with E-state index in [9.17, 15) is 9.59 Å². The van der Waals surface area contributed by atoms with Crippen LogP contribution in [0.1, 0.15) is 16.1 Å². The van der Waals surface area contributed by atoms with Crippen molar-refractivity contribution >= 4 is 17.9 Å². The molecular formula is C13H12N2O4. The highest BCUT2D eigenvalue weighted by Crippen LogP contribution is 2.12. The average molecular weight is 260 g/mol. The molecule has 0 bridgehead atoms. The quantitative estimate of drug-likeness (QED) is 0.786. The summed E-state index contributed by atoms with van der Waals surface area (Å²) in [5.74, 6) is -1.32. The Labute approximate surface area is 109 Å². The van der Waals surface area contributed by atoms with Gasteiger partial charge < -0.3 is 14.8 Å². The van der Waals surface area contributed by atoms with E-state index in [4.69, 9.17) is 9.52 Å². The van der Waals surface area contributed by atoms with Gasteiger partial charge in [-0.2, -0.15) is 0 Å².